The lowest BCUT2D eigenvalue weighted by Crippen LogP contribution is -2.33. The molecule has 6 nitrogen and oxygen atoms in total. The predicted octanol–water partition coefficient (Wildman–Crippen LogP) is 5.16. The summed E-state index contributed by atoms with van der Waals surface area (Å²) in [5.74, 6) is 0.204. The minimum atomic E-state index is -0.549. The Labute approximate surface area is 197 Å². The van der Waals surface area contributed by atoms with E-state index in [0.717, 1.165) is 16.8 Å². The number of thioether (sulfide) groups is 1. The number of aliphatic imine (C=N–C) groups is 1. The van der Waals surface area contributed by atoms with Crippen molar-refractivity contribution in [3.05, 3.63) is 90.0 Å². The van der Waals surface area contributed by atoms with Crippen LogP contribution >= 0.6 is 11.8 Å². The van der Waals surface area contributed by atoms with Crippen molar-refractivity contribution in [1.29, 1.82) is 0 Å². The first-order valence-corrected chi connectivity index (χ1v) is 11.5. The topological polar surface area (TPSA) is 71.0 Å². The van der Waals surface area contributed by atoms with E-state index in [-0.39, 0.29) is 18.2 Å². The molecule has 3 aromatic carbocycles. The van der Waals surface area contributed by atoms with Crippen LogP contribution in [0, 0.1) is 6.92 Å². The van der Waals surface area contributed by atoms with Crippen LogP contribution in [0.2, 0.25) is 0 Å². The van der Waals surface area contributed by atoms with Gasteiger partial charge in [-0.2, -0.15) is 0 Å². The van der Waals surface area contributed by atoms with E-state index >= 15 is 0 Å². The third-order valence-corrected chi connectivity index (χ3v) is 6.39. The first kappa shape index (κ1) is 22.6. The van der Waals surface area contributed by atoms with E-state index in [1.807, 2.05) is 73.7 Å². The van der Waals surface area contributed by atoms with Crippen LogP contribution < -0.4 is 10.1 Å². The summed E-state index contributed by atoms with van der Waals surface area (Å²) in [5.41, 5.74) is 3.51. The van der Waals surface area contributed by atoms with Crippen molar-refractivity contribution in [2.75, 3.05) is 12.4 Å². The fraction of sp³-hybridized carbons (Fsp3) is 0.192. The number of anilines is 1. The average molecular weight is 460 g/mol. The number of para-hydroxylation sites is 3. The van der Waals surface area contributed by atoms with Crippen LogP contribution in [0.25, 0.3) is 0 Å². The minimum Gasteiger partial charge on any atom is -0.495 e. The van der Waals surface area contributed by atoms with Gasteiger partial charge >= 0.3 is 0 Å². The quantitative estimate of drug-likeness (QED) is 0.530. The van der Waals surface area contributed by atoms with Gasteiger partial charge in [-0.05, 0) is 36.8 Å². The molecular formula is C26H25N3O3S. The summed E-state index contributed by atoms with van der Waals surface area (Å²) in [6, 6.07) is 24.8. The van der Waals surface area contributed by atoms with Gasteiger partial charge in [0.2, 0.25) is 11.8 Å². The van der Waals surface area contributed by atoms with Crippen LogP contribution in [0.3, 0.4) is 0 Å². The van der Waals surface area contributed by atoms with Gasteiger partial charge < -0.3 is 10.1 Å². The molecule has 1 atom stereocenters. The van der Waals surface area contributed by atoms with Gasteiger partial charge in [0.1, 0.15) is 11.0 Å². The Bertz CT molecular complexity index is 1160. The third kappa shape index (κ3) is 5.62. The second-order valence-corrected chi connectivity index (χ2v) is 8.87. The number of hydrogen-bond donors (Lipinski definition) is 1. The number of aryl methyl sites for hydroxylation is 1. The molecular weight excluding hydrogens is 434 g/mol. The van der Waals surface area contributed by atoms with Crippen molar-refractivity contribution in [3.8, 4) is 5.75 Å². The Morgan fingerprint density at radius 1 is 1.03 bits per heavy atom. The largest absolute Gasteiger partial charge is 0.495 e. The highest BCUT2D eigenvalue weighted by Crippen LogP contribution is 2.33. The van der Waals surface area contributed by atoms with E-state index in [2.05, 4.69) is 5.32 Å². The molecule has 0 spiro atoms. The zero-order valence-corrected chi connectivity index (χ0v) is 19.3. The molecule has 1 fully saturated rings. The molecule has 0 aliphatic carbocycles. The maximum atomic E-state index is 13.3. The number of carbonyl (C=O) groups excluding carboxylic acids is 2. The summed E-state index contributed by atoms with van der Waals surface area (Å²) in [6.07, 6.45) is 0.0414. The van der Waals surface area contributed by atoms with Crippen molar-refractivity contribution >= 4 is 40.1 Å². The first-order chi connectivity index (χ1) is 16.0. The van der Waals surface area contributed by atoms with E-state index in [9.17, 15) is 9.59 Å². The SMILES string of the molecule is COc1ccccc1NC(=O)CC1SC(=Nc2ccccc2)N(Cc2ccc(C)cc2)C1=O. The predicted molar refractivity (Wildman–Crippen MR) is 133 cm³/mol. The van der Waals surface area contributed by atoms with Gasteiger partial charge in [0, 0.05) is 6.42 Å². The van der Waals surface area contributed by atoms with Gasteiger partial charge in [-0.1, -0.05) is 71.9 Å². The Balaban J connectivity index is 1.54. The molecule has 1 aliphatic rings. The molecule has 0 bridgehead atoms. The number of benzene rings is 3. The summed E-state index contributed by atoms with van der Waals surface area (Å²) >= 11 is 1.33. The molecule has 0 saturated carbocycles. The zero-order chi connectivity index (χ0) is 23.2. The monoisotopic (exact) mass is 459 g/mol. The first-order valence-electron chi connectivity index (χ1n) is 10.6. The normalized spacial score (nSPS) is 16.8. The number of nitrogens with one attached hydrogen (secondary N) is 1. The number of rotatable bonds is 7. The van der Waals surface area contributed by atoms with E-state index in [1.165, 1.54) is 11.8 Å². The van der Waals surface area contributed by atoms with E-state index < -0.39 is 5.25 Å². The lowest BCUT2D eigenvalue weighted by atomic mass is 10.1. The third-order valence-electron chi connectivity index (χ3n) is 5.21. The Morgan fingerprint density at radius 3 is 2.45 bits per heavy atom. The maximum absolute atomic E-state index is 13.3. The van der Waals surface area contributed by atoms with E-state index in [4.69, 9.17) is 9.73 Å². The summed E-state index contributed by atoms with van der Waals surface area (Å²) < 4.78 is 5.30. The number of amides is 2. The Hall–Kier alpha value is -3.58. The standard InChI is InChI=1S/C26H25N3O3S/c1-18-12-14-19(15-13-18)17-29-25(31)23(33-26(29)27-20-8-4-3-5-9-20)16-24(30)28-21-10-6-7-11-22(21)32-2/h3-15,23H,16-17H2,1-2H3,(H,28,30). The molecule has 1 saturated heterocycles. The minimum absolute atomic E-state index is 0.0414. The average Bonchev–Trinajstić information content (AvgIpc) is 3.10. The number of methoxy groups -OCH3 is 1. The number of amidine groups is 1. The molecule has 4 rings (SSSR count). The molecule has 0 radical (unpaired) electrons. The molecule has 1 heterocycles. The van der Waals surface area contributed by atoms with Gasteiger partial charge in [-0.3, -0.25) is 14.5 Å². The fourth-order valence-electron chi connectivity index (χ4n) is 3.48. The molecule has 1 aliphatic heterocycles. The second-order valence-electron chi connectivity index (χ2n) is 7.70. The van der Waals surface area contributed by atoms with Crippen LogP contribution in [0.5, 0.6) is 5.75 Å². The van der Waals surface area contributed by atoms with Crippen molar-refractivity contribution in [2.24, 2.45) is 4.99 Å². The van der Waals surface area contributed by atoms with Crippen LogP contribution in [0.1, 0.15) is 17.5 Å². The number of carbonyl (C=O) groups is 2. The molecule has 168 valence electrons. The van der Waals surface area contributed by atoms with Crippen molar-refractivity contribution in [3.63, 3.8) is 0 Å². The lowest BCUT2D eigenvalue weighted by molar-refractivity contribution is -0.128. The summed E-state index contributed by atoms with van der Waals surface area (Å²) in [5, 5.41) is 2.91. The van der Waals surface area contributed by atoms with Crippen LogP contribution in [-0.2, 0) is 16.1 Å². The number of hydrogen-bond acceptors (Lipinski definition) is 5. The Kier molecular flexibility index (Phi) is 7.10. The van der Waals surface area contributed by atoms with Gasteiger partial charge in [-0.25, -0.2) is 4.99 Å². The molecule has 1 N–H and O–H groups in total. The fourth-order valence-corrected chi connectivity index (χ4v) is 4.63. The van der Waals surface area contributed by atoms with Gasteiger partial charge in [0.25, 0.3) is 0 Å². The smallest absolute Gasteiger partial charge is 0.242 e. The second kappa shape index (κ2) is 10.4. The zero-order valence-electron chi connectivity index (χ0n) is 18.5. The summed E-state index contributed by atoms with van der Waals surface area (Å²) in [4.78, 5) is 32.4. The lowest BCUT2D eigenvalue weighted by Gasteiger charge is -2.17. The number of nitrogens with zero attached hydrogens (tertiary/aromatic N) is 2. The molecule has 0 aromatic heterocycles. The molecule has 1 unspecified atom stereocenters. The van der Waals surface area contributed by atoms with Crippen molar-refractivity contribution in [1.82, 2.24) is 4.90 Å². The molecule has 33 heavy (non-hydrogen) atoms. The highest BCUT2D eigenvalue weighted by atomic mass is 32.2. The van der Waals surface area contributed by atoms with Gasteiger partial charge in [-0.15, -0.1) is 0 Å². The number of ether oxygens (including phenoxy) is 1. The van der Waals surface area contributed by atoms with E-state index in [0.29, 0.717) is 23.1 Å². The van der Waals surface area contributed by atoms with Crippen molar-refractivity contribution in [2.45, 2.75) is 25.1 Å². The Morgan fingerprint density at radius 2 is 1.73 bits per heavy atom. The van der Waals surface area contributed by atoms with Crippen LogP contribution in [0.4, 0.5) is 11.4 Å². The van der Waals surface area contributed by atoms with Crippen molar-refractivity contribution < 1.29 is 14.3 Å². The van der Waals surface area contributed by atoms with Gasteiger partial charge in [0.05, 0.1) is 25.0 Å². The molecule has 7 heteroatoms. The molecule has 2 amide bonds. The highest BCUT2D eigenvalue weighted by Gasteiger charge is 2.39. The van der Waals surface area contributed by atoms with Crippen LogP contribution in [0.15, 0.2) is 83.9 Å². The highest BCUT2D eigenvalue weighted by molar-refractivity contribution is 8.15. The summed E-state index contributed by atoms with van der Waals surface area (Å²) in [6.45, 7) is 2.43. The van der Waals surface area contributed by atoms with Gasteiger partial charge in [0.15, 0.2) is 5.17 Å². The summed E-state index contributed by atoms with van der Waals surface area (Å²) in [7, 11) is 1.55. The molecule has 3 aromatic rings. The maximum Gasteiger partial charge on any atom is 0.242 e. The van der Waals surface area contributed by atoms with Crippen LogP contribution in [-0.4, -0.2) is 34.2 Å². The van der Waals surface area contributed by atoms with E-state index in [1.54, 1.807) is 24.1 Å².